The first-order valence-corrected chi connectivity index (χ1v) is 19.4. The molecule has 0 aromatic heterocycles. The summed E-state index contributed by atoms with van der Waals surface area (Å²) in [5.41, 5.74) is 23.7. The molecule has 0 saturated carbocycles. The number of benzene rings is 4. The summed E-state index contributed by atoms with van der Waals surface area (Å²) in [6, 6.07) is 39.0. The van der Waals surface area contributed by atoms with Crippen LogP contribution in [0.4, 0.5) is 0 Å². The molecule has 244 valence electrons. The first kappa shape index (κ1) is 35.5. The molecule has 0 bridgehead atoms. The van der Waals surface area contributed by atoms with Crippen LogP contribution < -0.4 is 0 Å². The molecule has 0 aliphatic carbocycles. The topological polar surface area (TPSA) is 25.3 Å². The first-order chi connectivity index (χ1) is 22.5. The van der Waals surface area contributed by atoms with Gasteiger partial charge in [0.2, 0.25) is 11.4 Å². The van der Waals surface area contributed by atoms with Crippen LogP contribution in [-0.2, 0) is 40.6 Å². The maximum absolute atomic E-state index is 11.4. The van der Waals surface area contributed by atoms with Gasteiger partial charge < -0.3 is 5.53 Å². The van der Waals surface area contributed by atoms with Gasteiger partial charge in [-0.05, 0) is 80.8 Å². The Morgan fingerprint density at radius 2 is 0.957 bits per heavy atom. The fourth-order valence-corrected chi connectivity index (χ4v) is 7.68. The van der Waals surface area contributed by atoms with Crippen LogP contribution >= 0.6 is 0 Å². The molecule has 0 N–H and O–H groups in total. The van der Waals surface area contributed by atoms with E-state index >= 15 is 0 Å². The summed E-state index contributed by atoms with van der Waals surface area (Å²) in [7, 11) is 0. The summed E-state index contributed by atoms with van der Waals surface area (Å²) in [5, 5.41) is 0. The Labute approximate surface area is 287 Å². The standard InChI is InChI=1S/C29H38N2.2C7H7.Pd/c1-5-8-13-23-15-11-17-25(20-23)28-22(4)27(19-10-7-3)29(31(28)30)26-18-12-16-24(21-26)14-9-6-2;2*1-7-5-3-2-4-6-7;/h11-12,15-18,20-21H,5-10,13-14,19H2,1-4H3;2*2-6H,1H2;. The van der Waals surface area contributed by atoms with Crippen LogP contribution in [0.2, 0.25) is 0 Å². The second-order valence-corrected chi connectivity index (χ2v) is 14.1. The minimum atomic E-state index is 0.793. The van der Waals surface area contributed by atoms with E-state index in [1.54, 1.807) is 0 Å². The summed E-state index contributed by atoms with van der Waals surface area (Å²) < 4.78 is 1.47. The van der Waals surface area contributed by atoms with E-state index in [9.17, 15) is 5.53 Å². The van der Waals surface area contributed by atoms with Crippen molar-refractivity contribution in [2.75, 3.05) is 0 Å². The van der Waals surface area contributed by atoms with Crippen molar-refractivity contribution in [1.82, 2.24) is 0 Å². The monoisotopic (exact) mass is 702 g/mol. The number of rotatable bonds is 15. The summed E-state index contributed by atoms with van der Waals surface area (Å²) in [6.07, 6.45) is 10.2. The third kappa shape index (κ3) is 10.3. The fourth-order valence-electron chi connectivity index (χ4n) is 5.85. The molecule has 2 nitrogen and oxygen atoms in total. The molecule has 1 aliphatic heterocycles. The van der Waals surface area contributed by atoms with Crippen LogP contribution in [0.15, 0.2) is 120 Å². The van der Waals surface area contributed by atoms with Gasteiger partial charge >= 0.3 is 99.6 Å². The average Bonchev–Trinajstić information content (AvgIpc) is 3.35. The first-order valence-electron chi connectivity index (χ1n) is 17.2. The van der Waals surface area contributed by atoms with Gasteiger partial charge in [-0.3, -0.25) is 0 Å². The third-order valence-electron chi connectivity index (χ3n) is 8.44. The van der Waals surface area contributed by atoms with Crippen LogP contribution in [0.25, 0.3) is 16.9 Å². The molecule has 3 heteroatoms. The Kier molecular flexibility index (Phi) is 14.9. The van der Waals surface area contributed by atoms with Crippen molar-refractivity contribution >= 4 is 11.4 Å². The number of aryl methyl sites for hydroxylation is 2. The number of nitrogens with zero attached hydrogens (tertiary/aromatic N) is 2. The van der Waals surface area contributed by atoms with Gasteiger partial charge in [0.05, 0.1) is 0 Å². The van der Waals surface area contributed by atoms with E-state index in [0.717, 1.165) is 72.6 Å². The molecule has 1 heterocycles. The van der Waals surface area contributed by atoms with Crippen LogP contribution in [0, 0.1) is 0 Å². The summed E-state index contributed by atoms with van der Waals surface area (Å²) in [5.74, 6) is 0. The summed E-state index contributed by atoms with van der Waals surface area (Å²) in [6.45, 7) is 8.87. The number of allylic oxidation sites excluding steroid dienone is 2. The Hall–Kier alpha value is -3.38. The zero-order valence-electron chi connectivity index (χ0n) is 28.4. The molecule has 0 spiro atoms. The second kappa shape index (κ2) is 19.3. The summed E-state index contributed by atoms with van der Waals surface area (Å²) >= 11 is 0.793. The van der Waals surface area contributed by atoms with Crippen molar-refractivity contribution in [3.05, 3.63) is 159 Å². The average molecular weight is 703 g/mol. The normalized spacial score (nSPS) is 12.9. The van der Waals surface area contributed by atoms with Crippen LogP contribution in [0.5, 0.6) is 0 Å². The Balaban J connectivity index is 0.000000266. The zero-order chi connectivity index (χ0) is 32.6. The van der Waals surface area contributed by atoms with Crippen LogP contribution in [0.3, 0.4) is 0 Å². The van der Waals surface area contributed by atoms with Crippen molar-refractivity contribution in [3.63, 3.8) is 0 Å². The van der Waals surface area contributed by atoms with Gasteiger partial charge in [-0.1, -0.05) is 64.3 Å². The second-order valence-electron chi connectivity index (χ2n) is 12.2. The van der Waals surface area contributed by atoms with Gasteiger partial charge in [0.15, 0.2) is 0 Å². The van der Waals surface area contributed by atoms with E-state index in [0.29, 0.717) is 0 Å². The van der Waals surface area contributed by atoms with Crippen molar-refractivity contribution in [2.45, 2.75) is 95.3 Å². The molecular weight excluding hydrogens is 651 g/mol. The number of hydrogen-bond acceptors (Lipinski definition) is 0. The molecule has 0 amide bonds. The molecule has 0 atom stereocenters. The molecule has 4 aromatic carbocycles. The number of unbranched alkanes of at least 4 members (excludes halogenated alkanes) is 3. The van der Waals surface area contributed by atoms with E-state index < -0.39 is 0 Å². The maximum atomic E-state index is 11.4. The molecule has 0 fully saturated rings. The molecule has 1 aliphatic rings. The predicted molar refractivity (Wildman–Crippen MR) is 193 cm³/mol. The van der Waals surface area contributed by atoms with Crippen molar-refractivity contribution < 1.29 is 22.7 Å². The van der Waals surface area contributed by atoms with Crippen molar-refractivity contribution in [3.8, 4) is 0 Å². The fraction of sp³-hybridized carbons (Fsp3) is 0.349. The van der Waals surface area contributed by atoms with Gasteiger partial charge in [0.1, 0.15) is 0 Å². The quantitative estimate of drug-likeness (QED) is 0.0870. The van der Waals surface area contributed by atoms with Gasteiger partial charge in [0, 0.05) is 22.3 Å². The van der Waals surface area contributed by atoms with Gasteiger partial charge in [-0.15, -0.1) is 0 Å². The van der Waals surface area contributed by atoms with E-state index in [-0.39, 0.29) is 0 Å². The van der Waals surface area contributed by atoms with Gasteiger partial charge in [-0.2, -0.15) is 0 Å². The molecule has 46 heavy (non-hydrogen) atoms. The Morgan fingerprint density at radius 3 is 1.43 bits per heavy atom. The van der Waals surface area contributed by atoms with Gasteiger partial charge in [0.25, 0.3) is 0 Å². The van der Waals surface area contributed by atoms with E-state index in [1.165, 1.54) is 73.6 Å². The SMILES string of the molecule is CCCCC1=C(c2cccc(CCCC)c2)[N+](=[N-])C(c2cccc(CCCC)c2)=C1C.c1ccc([CH2][Pd][CH2]c2ccccc2)cc1. The van der Waals surface area contributed by atoms with Crippen molar-refractivity contribution in [2.24, 2.45) is 0 Å². The zero-order valence-corrected chi connectivity index (χ0v) is 29.9. The van der Waals surface area contributed by atoms with Crippen LogP contribution in [-0.4, -0.2) is 4.70 Å². The molecule has 0 saturated heterocycles. The van der Waals surface area contributed by atoms with E-state index in [2.05, 4.69) is 137 Å². The molecule has 0 radical (unpaired) electrons. The molecule has 4 aromatic rings. The number of hydrogen-bond donors (Lipinski definition) is 0. The summed E-state index contributed by atoms with van der Waals surface area (Å²) in [4.78, 5) is 2.45. The predicted octanol–water partition coefficient (Wildman–Crippen LogP) is 12.2. The van der Waals surface area contributed by atoms with Crippen LogP contribution in [0.1, 0.15) is 106 Å². The minimum absolute atomic E-state index is 0.793. The molecular formula is C43H52N2Pd. The molecule has 5 rings (SSSR count). The molecule has 0 unspecified atom stereocenters. The Morgan fingerprint density at radius 1 is 0.522 bits per heavy atom. The van der Waals surface area contributed by atoms with Gasteiger partial charge in [-0.25, -0.2) is 4.70 Å². The Bertz CT molecular complexity index is 1540. The van der Waals surface area contributed by atoms with E-state index in [1.807, 2.05) is 0 Å². The van der Waals surface area contributed by atoms with E-state index in [4.69, 9.17) is 0 Å². The van der Waals surface area contributed by atoms with Crippen molar-refractivity contribution in [1.29, 1.82) is 0 Å². The third-order valence-corrected chi connectivity index (χ3v) is 10.5.